The first-order valence-corrected chi connectivity index (χ1v) is 7.25. The van der Waals surface area contributed by atoms with Crippen LogP contribution in [0, 0.1) is 6.92 Å². The molecule has 1 aromatic rings. The van der Waals surface area contributed by atoms with Gasteiger partial charge in [-0.05, 0) is 53.9 Å². The molecule has 0 aliphatic carbocycles. The largest absolute Gasteiger partial charge is 0.369 e. The van der Waals surface area contributed by atoms with E-state index < -0.39 is 0 Å². The van der Waals surface area contributed by atoms with Crippen LogP contribution >= 0.6 is 15.9 Å². The number of benzene rings is 1. The molecule has 1 N–H and O–H groups in total. The van der Waals surface area contributed by atoms with Gasteiger partial charge in [-0.3, -0.25) is 0 Å². The second kappa shape index (κ2) is 5.87. The Morgan fingerprint density at radius 3 is 3.06 bits per heavy atom. The smallest absolute Gasteiger partial charge is 0.0513 e. The van der Waals surface area contributed by atoms with Crippen LogP contribution < -0.4 is 10.2 Å². The Hall–Kier alpha value is -0.540. The molecule has 0 bridgehead atoms. The summed E-state index contributed by atoms with van der Waals surface area (Å²) in [6, 6.07) is 7.15. The van der Waals surface area contributed by atoms with Gasteiger partial charge in [-0.2, -0.15) is 0 Å². The maximum Gasteiger partial charge on any atom is 0.0513 e. The van der Waals surface area contributed by atoms with Gasteiger partial charge >= 0.3 is 0 Å². The predicted molar refractivity (Wildman–Crippen MR) is 77.8 cm³/mol. The third kappa shape index (κ3) is 3.02. The van der Waals surface area contributed by atoms with Crippen molar-refractivity contribution in [2.45, 2.75) is 32.7 Å². The van der Waals surface area contributed by atoms with Gasteiger partial charge in [0.15, 0.2) is 0 Å². The summed E-state index contributed by atoms with van der Waals surface area (Å²) in [5, 5.41) is 3.61. The summed E-state index contributed by atoms with van der Waals surface area (Å²) in [7, 11) is 0. The monoisotopic (exact) mass is 296 g/mol. The molecule has 1 aromatic carbocycles. The number of aryl methyl sites for hydroxylation is 1. The van der Waals surface area contributed by atoms with E-state index in [1.54, 1.807) is 0 Å². The molecule has 0 saturated carbocycles. The van der Waals surface area contributed by atoms with E-state index in [1.807, 2.05) is 0 Å². The summed E-state index contributed by atoms with van der Waals surface area (Å²) < 4.78 is 1.25. The third-order valence-electron chi connectivity index (χ3n) is 3.38. The van der Waals surface area contributed by atoms with Crippen molar-refractivity contribution in [1.29, 1.82) is 0 Å². The second-order valence-corrected chi connectivity index (χ2v) is 5.59. The molecular weight excluding hydrogens is 276 g/mol. The summed E-state index contributed by atoms with van der Waals surface area (Å²) in [6.07, 6.45) is 2.46. The molecule has 1 unspecified atom stereocenters. The van der Waals surface area contributed by atoms with Crippen LogP contribution in [0.1, 0.15) is 25.3 Å². The van der Waals surface area contributed by atoms with E-state index >= 15 is 0 Å². The number of halogens is 1. The van der Waals surface area contributed by atoms with Crippen molar-refractivity contribution in [3.63, 3.8) is 0 Å². The van der Waals surface area contributed by atoms with Crippen LogP contribution in [0.2, 0.25) is 0 Å². The molecule has 1 fully saturated rings. The molecule has 0 radical (unpaired) electrons. The summed E-state index contributed by atoms with van der Waals surface area (Å²) in [5.41, 5.74) is 2.65. The van der Waals surface area contributed by atoms with Gasteiger partial charge in [0.25, 0.3) is 0 Å². The van der Waals surface area contributed by atoms with E-state index in [-0.39, 0.29) is 0 Å². The number of rotatable bonds is 4. The SMILES string of the molecule is CCCNC1CCN(c2cccc(C)c2Br)C1. The number of nitrogens with one attached hydrogen (secondary N) is 1. The Kier molecular flexibility index (Phi) is 4.46. The zero-order valence-corrected chi connectivity index (χ0v) is 12.3. The minimum absolute atomic E-state index is 0.655. The zero-order chi connectivity index (χ0) is 12.3. The Morgan fingerprint density at radius 2 is 2.29 bits per heavy atom. The zero-order valence-electron chi connectivity index (χ0n) is 10.7. The van der Waals surface area contributed by atoms with Gasteiger partial charge in [-0.1, -0.05) is 19.1 Å². The van der Waals surface area contributed by atoms with E-state index in [4.69, 9.17) is 0 Å². The van der Waals surface area contributed by atoms with Crippen LogP contribution in [0.4, 0.5) is 5.69 Å². The highest BCUT2D eigenvalue weighted by atomic mass is 79.9. The molecule has 2 nitrogen and oxygen atoms in total. The topological polar surface area (TPSA) is 15.3 Å². The first-order valence-electron chi connectivity index (χ1n) is 6.45. The molecule has 2 rings (SSSR count). The molecule has 0 amide bonds. The molecule has 1 aliphatic heterocycles. The number of hydrogen-bond acceptors (Lipinski definition) is 2. The molecule has 1 aliphatic rings. The Labute approximate surface area is 113 Å². The van der Waals surface area contributed by atoms with E-state index in [9.17, 15) is 0 Å². The van der Waals surface area contributed by atoms with Crippen molar-refractivity contribution >= 4 is 21.6 Å². The van der Waals surface area contributed by atoms with Gasteiger partial charge in [0.1, 0.15) is 0 Å². The molecular formula is C14H21BrN2. The van der Waals surface area contributed by atoms with Crippen molar-refractivity contribution in [1.82, 2.24) is 5.32 Å². The maximum absolute atomic E-state index is 3.70. The van der Waals surface area contributed by atoms with Gasteiger partial charge in [0, 0.05) is 23.6 Å². The predicted octanol–water partition coefficient (Wildman–Crippen LogP) is 3.34. The Morgan fingerprint density at radius 1 is 1.47 bits per heavy atom. The molecule has 94 valence electrons. The van der Waals surface area contributed by atoms with Gasteiger partial charge in [0.05, 0.1) is 5.69 Å². The van der Waals surface area contributed by atoms with Crippen LogP contribution in [0.25, 0.3) is 0 Å². The van der Waals surface area contributed by atoms with E-state index in [0.717, 1.165) is 19.6 Å². The summed E-state index contributed by atoms with van der Waals surface area (Å²) >= 11 is 3.70. The molecule has 1 atom stereocenters. The Balaban J connectivity index is 2.02. The fraction of sp³-hybridized carbons (Fsp3) is 0.571. The number of hydrogen-bond donors (Lipinski definition) is 1. The van der Waals surface area contributed by atoms with Crippen LogP contribution in [0.3, 0.4) is 0 Å². The van der Waals surface area contributed by atoms with Gasteiger partial charge in [-0.25, -0.2) is 0 Å². The van der Waals surface area contributed by atoms with E-state index in [0.29, 0.717) is 6.04 Å². The van der Waals surface area contributed by atoms with Crippen molar-refractivity contribution < 1.29 is 0 Å². The lowest BCUT2D eigenvalue weighted by Crippen LogP contribution is -2.33. The van der Waals surface area contributed by atoms with Gasteiger partial charge in [-0.15, -0.1) is 0 Å². The Bertz CT molecular complexity index is 378. The highest BCUT2D eigenvalue weighted by Crippen LogP contribution is 2.31. The average molecular weight is 297 g/mol. The standard InChI is InChI=1S/C14H21BrN2/c1-3-8-16-12-7-9-17(10-12)13-6-4-5-11(2)14(13)15/h4-6,12,16H,3,7-10H2,1-2H3. The van der Waals surface area contributed by atoms with Gasteiger partial charge < -0.3 is 10.2 Å². The van der Waals surface area contributed by atoms with E-state index in [2.05, 4.69) is 58.2 Å². The van der Waals surface area contributed by atoms with Crippen LogP contribution in [-0.2, 0) is 0 Å². The minimum Gasteiger partial charge on any atom is -0.369 e. The van der Waals surface area contributed by atoms with Crippen molar-refractivity contribution in [3.8, 4) is 0 Å². The normalized spacial score (nSPS) is 19.9. The van der Waals surface area contributed by atoms with Crippen molar-refractivity contribution in [2.24, 2.45) is 0 Å². The van der Waals surface area contributed by atoms with Crippen LogP contribution in [-0.4, -0.2) is 25.7 Å². The van der Waals surface area contributed by atoms with Crippen LogP contribution in [0.5, 0.6) is 0 Å². The minimum atomic E-state index is 0.655. The second-order valence-electron chi connectivity index (χ2n) is 4.79. The maximum atomic E-state index is 3.70. The molecule has 1 heterocycles. The number of nitrogens with zero attached hydrogens (tertiary/aromatic N) is 1. The summed E-state index contributed by atoms with van der Waals surface area (Å²) in [6.45, 7) is 7.78. The molecule has 0 spiro atoms. The summed E-state index contributed by atoms with van der Waals surface area (Å²) in [5.74, 6) is 0. The first-order chi connectivity index (χ1) is 8.22. The molecule has 0 aromatic heterocycles. The molecule has 1 saturated heterocycles. The van der Waals surface area contributed by atoms with Crippen LogP contribution in [0.15, 0.2) is 22.7 Å². The van der Waals surface area contributed by atoms with Crippen molar-refractivity contribution in [2.75, 3.05) is 24.5 Å². The highest BCUT2D eigenvalue weighted by Gasteiger charge is 2.23. The van der Waals surface area contributed by atoms with Crippen molar-refractivity contribution in [3.05, 3.63) is 28.2 Å². The number of anilines is 1. The lowest BCUT2D eigenvalue weighted by Gasteiger charge is -2.21. The fourth-order valence-electron chi connectivity index (χ4n) is 2.37. The van der Waals surface area contributed by atoms with E-state index in [1.165, 1.54) is 28.6 Å². The highest BCUT2D eigenvalue weighted by molar-refractivity contribution is 9.10. The lowest BCUT2D eigenvalue weighted by molar-refractivity contribution is 0.549. The third-order valence-corrected chi connectivity index (χ3v) is 4.42. The summed E-state index contributed by atoms with van der Waals surface area (Å²) in [4.78, 5) is 2.48. The fourth-order valence-corrected chi connectivity index (χ4v) is 2.89. The lowest BCUT2D eigenvalue weighted by atomic mass is 10.2. The van der Waals surface area contributed by atoms with Gasteiger partial charge in [0.2, 0.25) is 0 Å². The average Bonchev–Trinajstić information content (AvgIpc) is 2.78. The quantitative estimate of drug-likeness (QED) is 0.917. The first kappa shape index (κ1) is 12.9. The molecule has 17 heavy (non-hydrogen) atoms. The molecule has 3 heteroatoms.